The van der Waals surface area contributed by atoms with Gasteiger partial charge in [0.2, 0.25) is 0 Å². The topological polar surface area (TPSA) is 86.7 Å². The van der Waals surface area contributed by atoms with Gasteiger partial charge in [0.05, 0.1) is 0 Å². The quantitative estimate of drug-likeness (QED) is 0.183. The molecule has 2 aliphatic rings. The van der Waals surface area contributed by atoms with Crippen LogP contribution >= 0.6 is 11.8 Å². The zero-order valence-corrected chi connectivity index (χ0v) is 16.2. The molecule has 8 heteroatoms. The fourth-order valence-electron chi connectivity index (χ4n) is 2.97. The Hall–Kier alpha value is -1.29. The Morgan fingerprint density at radius 1 is 1.33 bits per heavy atom. The molecule has 2 saturated heterocycles. The summed E-state index contributed by atoms with van der Waals surface area (Å²) in [4.78, 5) is 37.4. The zero-order chi connectivity index (χ0) is 17.5. The van der Waals surface area contributed by atoms with Crippen LogP contribution in [0.2, 0.25) is 0 Å². The molecule has 0 spiro atoms. The zero-order valence-electron chi connectivity index (χ0n) is 13.2. The fourth-order valence-corrected chi connectivity index (χ4v) is 7.61. The van der Waals surface area contributed by atoms with Crippen molar-refractivity contribution in [1.29, 1.82) is 0 Å². The van der Waals surface area contributed by atoms with E-state index in [1.54, 1.807) is 16.7 Å². The van der Waals surface area contributed by atoms with Crippen LogP contribution in [0.25, 0.3) is 0 Å². The summed E-state index contributed by atoms with van der Waals surface area (Å²) >= 11 is 0.418. The van der Waals surface area contributed by atoms with Gasteiger partial charge in [-0.05, 0) is 0 Å². The maximum absolute atomic E-state index is 12.4. The van der Waals surface area contributed by atoms with E-state index in [0.717, 1.165) is 5.56 Å². The van der Waals surface area contributed by atoms with Crippen molar-refractivity contribution in [2.24, 2.45) is 0 Å². The predicted octanol–water partition coefficient (Wildman–Crippen LogP) is -1.50. The third kappa shape index (κ3) is 3.26. The first-order chi connectivity index (χ1) is 11.3. The molecular formula is C16H18IN2O4S-. The van der Waals surface area contributed by atoms with Crippen LogP contribution in [0.4, 0.5) is 4.79 Å². The molecule has 2 N–H and O–H groups in total. The number of fused-ring (bicyclic) bond motifs is 1. The van der Waals surface area contributed by atoms with E-state index in [9.17, 15) is 14.4 Å². The molecule has 2 aliphatic heterocycles. The number of carbonyl (C=O) groups is 3. The molecule has 0 aliphatic carbocycles. The molecule has 2 heterocycles. The number of β-lactam (4-membered cyclic amide) rings is 1. The van der Waals surface area contributed by atoms with Crippen molar-refractivity contribution < 1.29 is 40.7 Å². The van der Waals surface area contributed by atoms with Crippen molar-refractivity contribution >= 4 is 27.6 Å². The van der Waals surface area contributed by atoms with Crippen molar-refractivity contribution in [1.82, 2.24) is 10.2 Å². The molecular weight excluding hydrogens is 443 g/mol. The second-order valence-electron chi connectivity index (χ2n) is 6.26. The summed E-state index contributed by atoms with van der Waals surface area (Å²) in [5.74, 6) is -0.348. The molecule has 2 fully saturated rings. The summed E-state index contributed by atoms with van der Waals surface area (Å²) in [6, 6.07) is 8.82. The molecule has 24 heavy (non-hydrogen) atoms. The SMILES string of the molecule is CC1(C)SC2[C@H](NC(=O)Cc3ccccc3)C(=O)N2C1[I-]C(=O)O. The van der Waals surface area contributed by atoms with E-state index in [2.05, 4.69) is 5.32 Å². The van der Waals surface area contributed by atoms with E-state index in [-0.39, 0.29) is 32.4 Å². The minimum absolute atomic E-state index is 0.156. The number of alkyl halides is 1. The molecule has 0 bridgehead atoms. The van der Waals surface area contributed by atoms with Gasteiger partial charge in [-0.1, -0.05) is 0 Å². The van der Waals surface area contributed by atoms with Crippen molar-refractivity contribution in [2.75, 3.05) is 0 Å². The summed E-state index contributed by atoms with van der Waals surface area (Å²) in [6.45, 7) is 3.94. The van der Waals surface area contributed by atoms with Crippen molar-refractivity contribution in [3.8, 4) is 0 Å². The van der Waals surface area contributed by atoms with Crippen molar-refractivity contribution in [2.45, 2.75) is 40.5 Å². The minimum atomic E-state index is -1.16. The molecule has 1 aromatic carbocycles. The molecule has 0 aromatic heterocycles. The average molecular weight is 461 g/mol. The van der Waals surface area contributed by atoms with Crippen LogP contribution in [0.3, 0.4) is 0 Å². The first kappa shape index (κ1) is 17.5. The molecule has 2 amide bonds. The van der Waals surface area contributed by atoms with Crippen molar-refractivity contribution in [3.63, 3.8) is 0 Å². The molecule has 0 saturated carbocycles. The molecule has 6 nitrogen and oxygen atoms in total. The number of nitrogens with zero attached hydrogens (tertiary/aromatic N) is 1. The van der Waals surface area contributed by atoms with Gasteiger partial charge in [0, 0.05) is 0 Å². The second kappa shape index (κ2) is 6.55. The van der Waals surface area contributed by atoms with Gasteiger partial charge in [0.1, 0.15) is 0 Å². The van der Waals surface area contributed by atoms with Crippen LogP contribution < -0.4 is 26.5 Å². The summed E-state index contributed by atoms with van der Waals surface area (Å²) in [5, 5.41) is 11.8. The first-order valence-corrected chi connectivity index (χ1v) is 10.7. The van der Waals surface area contributed by atoms with Crippen LogP contribution in [-0.2, 0) is 16.0 Å². The van der Waals surface area contributed by atoms with Gasteiger partial charge in [-0.15, -0.1) is 0 Å². The number of benzene rings is 1. The number of carboxylic acid groups (broad SMARTS) is 1. The Labute approximate surface area is 154 Å². The third-order valence-corrected chi connectivity index (χ3v) is 9.32. The van der Waals surface area contributed by atoms with Gasteiger partial charge in [0.25, 0.3) is 0 Å². The summed E-state index contributed by atoms with van der Waals surface area (Å²) in [7, 11) is 0. The number of rotatable bonds is 5. The molecule has 1 aromatic rings. The second-order valence-corrected chi connectivity index (χ2v) is 10.8. The summed E-state index contributed by atoms with van der Waals surface area (Å²) < 4.78 is -1.35. The average Bonchev–Trinajstić information content (AvgIpc) is 2.74. The van der Waals surface area contributed by atoms with Gasteiger partial charge >= 0.3 is 155 Å². The van der Waals surface area contributed by atoms with Gasteiger partial charge < -0.3 is 0 Å². The van der Waals surface area contributed by atoms with Gasteiger partial charge in [-0.3, -0.25) is 0 Å². The maximum atomic E-state index is 12.4. The summed E-state index contributed by atoms with van der Waals surface area (Å²) in [6.07, 6.45) is 0.233. The van der Waals surface area contributed by atoms with Gasteiger partial charge in [-0.2, -0.15) is 0 Å². The Bertz CT molecular complexity index is 682. The Morgan fingerprint density at radius 2 is 2.00 bits per heavy atom. The normalized spacial score (nSPS) is 27.5. The van der Waals surface area contributed by atoms with E-state index in [0.29, 0.717) is 0 Å². The van der Waals surface area contributed by atoms with E-state index >= 15 is 0 Å². The number of hydrogen-bond acceptors (Lipinski definition) is 4. The molecule has 3 rings (SSSR count). The fraction of sp³-hybridized carbons (Fsp3) is 0.438. The van der Waals surface area contributed by atoms with Crippen molar-refractivity contribution in [3.05, 3.63) is 35.9 Å². The van der Waals surface area contributed by atoms with E-state index < -0.39 is 31.2 Å². The van der Waals surface area contributed by atoms with Gasteiger partial charge in [0.15, 0.2) is 0 Å². The van der Waals surface area contributed by atoms with Crippen LogP contribution in [0.15, 0.2) is 30.3 Å². The Kier molecular flexibility index (Phi) is 4.78. The van der Waals surface area contributed by atoms with E-state index in [1.165, 1.54) is 0 Å². The molecule has 0 radical (unpaired) electrons. The predicted molar refractivity (Wildman–Crippen MR) is 86.2 cm³/mol. The van der Waals surface area contributed by atoms with Crippen LogP contribution in [0.1, 0.15) is 19.4 Å². The number of hydrogen-bond donors (Lipinski definition) is 2. The Morgan fingerprint density at radius 3 is 2.62 bits per heavy atom. The van der Waals surface area contributed by atoms with Gasteiger partial charge in [-0.25, -0.2) is 0 Å². The first-order valence-electron chi connectivity index (χ1n) is 7.49. The van der Waals surface area contributed by atoms with Crippen LogP contribution in [0.5, 0.6) is 0 Å². The standard InChI is InChI=1S/C16H18IN2O4S/c1-16(2)14(17-15(22)23)19-12(21)11(13(19)24-16)18-10(20)8-9-6-4-3-5-7-9/h3-7,11,13-14H,8H2,1-2H3,(H,18,20)(H,22,23)/q-1/t11-,13?,14?/m1/s1. The number of thioether (sulfide) groups is 1. The number of amides is 2. The molecule has 2 unspecified atom stereocenters. The molecule has 3 atom stereocenters. The number of nitrogens with one attached hydrogen (secondary N) is 1. The Balaban J connectivity index is 1.65. The number of halogens is 1. The summed E-state index contributed by atoms with van der Waals surface area (Å²) in [5.41, 5.74) is 0.896. The molecule has 130 valence electrons. The van der Waals surface area contributed by atoms with E-state index in [4.69, 9.17) is 5.11 Å². The van der Waals surface area contributed by atoms with Crippen LogP contribution in [0, 0.1) is 0 Å². The van der Waals surface area contributed by atoms with E-state index in [1.807, 2.05) is 44.2 Å². The third-order valence-electron chi connectivity index (χ3n) is 4.04. The number of carbonyl (C=O) groups excluding carboxylic acids is 2. The van der Waals surface area contributed by atoms with Crippen LogP contribution in [-0.4, -0.2) is 46.0 Å². The monoisotopic (exact) mass is 461 g/mol.